The lowest BCUT2D eigenvalue weighted by atomic mass is 10.1. The van der Waals surface area contributed by atoms with Crippen LogP contribution < -0.4 is 15.4 Å². The molecule has 1 aliphatic heterocycles. The van der Waals surface area contributed by atoms with Gasteiger partial charge in [0.25, 0.3) is 11.8 Å². The monoisotopic (exact) mass is 368 g/mol. The Kier molecular flexibility index (Phi) is 5.32. The van der Waals surface area contributed by atoms with Crippen LogP contribution in [0.5, 0.6) is 5.75 Å². The summed E-state index contributed by atoms with van der Waals surface area (Å²) in [7, 11) is 1.61. The Hall–Kier alpha value is -2.73. The summed E-state index contributed by atoms with van der Waals surface area (Å²) in [6.45, 7) is 3.81. The van der Waals surface area contributed by atoms with Gasteiger partial charge in [-0.2, -0.15) is 0 Å². The highest BCUT2D eigenvalue weighted by Crippen LogP contribution is 2.39. The average Bonchev–Trinajstić information content (AvgIpc) is 2.61. The minimum atomic E-state index is -0.188. The molecule has 0 atom stereocenters. The van der Waals surface area contributed by atoms with E-state index in [9.17, 15) is 9.59 Å². The van der Waals surface area contributed by atoms with E-state index in [2.05, 4.69) is 10.6 Å². The second-order valence-corrected chi connectivity index (χ2v) is 7.26. The lowest BCUT2D eigenvalue weighted by molar-refractivity contribution is -0.112. The first-order valence-corrected chi connectivity index (χ1v) is 9.08. The van der Waals surface area contributed by atoms with Gasteiger partial charge in [0, 0.05) is 16.5 Å². The van der Waals surface area contributed by atoms with Crippen LogP contribution >= 0.6 is 11.8 Å². The Balaban J connectivity index is 1.85. The summed E-state index contributed by atoms with van der Waals surface area (Å²) in [4.78, 5) is 26.1. The van der Waals surface area contributed by atoms with Crippen molar-refractivity contribution in [2.75, 3.05) is 12.4 Å². The molecule has 0 saturated carbocycles. The van der Waals surface area contributed by atoms with Gasteiger partial charge >= 0.3 is 0 Å². The van der Waals surface area contributed by atoms with Crippen molar-refractivity contribution < 1.29 is 14.3 Å². The van der Waals surface area contributed by atoms with E-state index in [1.54, 1.807) is 19.2 Å². The molecule has 0 spiro atoms. The molecular weight excluding hydrogens is 348 g/mol. The predicted molar refractivity (Wildman–Crippen MR) is 105 cm³/mol. The molecule has 1 aliphatic rings. The summed E-state index contributed by atoms with van der Waals surface area (Å²) in [5.41, 5.74) is 2.07. The minimum Gasteiger partial charge on any atom is -0.497 e. The van der Waals surface area contributed by atoms with E-state index >= 15 is 0 Å². The lowest BCUT2D eigenvalue weighted by Gasteiger charge is -2.19. The van der Waals surface area contributed by atoms with Crippen LogP contribution in [0, 0.1) is 0 Å². The Morgan fingerprint density at radius 3 is 2.77 bits per heavy atom. The maximum absolute atomic E-state index is 12.4. The summed E-state index contributed by atoms with van der Waals surface area (Å²) in [5, 5.41) is 5.72. The van der Waals surface area contributed by atoms with Gasteiger partial charge in [-0.05, 0) is 55.8 Å². The fourth-order valence-corrected chi connectivity index (χ4v) is 3.46. The van der Waals surface area contributed by atoms with Gasteiger partial charge in [0.2, 0.25) is 0 Å². The normalized spacial score (nSPS) is 14.8. The molecular formula is C20H20N2O3S. The van der Waals surface area contributed by atoms with Gasteiger partial charge in [-0.25, -0.2) is 0 Å². The number of amides is 2. The first kappa shape index (κ1) is 18.1. The van der Waals surface area contributed by atoms with E-state index in [0.717, 1.165) is 16.2 Å². The zero-order chi connectivity index (χ0) is 18.7. The Labute approximate surface area is 156 Å². The largest absolute Gasteiger partial charge is 0.497 e. The maximum Gasteiger partial charge on any atom is 0.262 e. The summed E-state index contributed by atoms with van der Waals surface area (Å²) < 4.78 is 5.22. The smallest absolute Gasteiger partial charge is 0.262 e. The summed E-state index contributed by atoms with van der Waals surface area (Å²) >= 11 is 1.38. The van der Waals surface area contributed by atoms with Gasteiger partial charge in [0.15, 0.2) is 0 Å². The molecule has 26 heavy (non-hydrogen) atoms. The number of carbonyl (C=O) groups is 2. The molecule has 1 heterocycles. The van der Waals surface area contributed by atoms with E-state index < -0.39 is 0 Å². The fourth-order valence-electron chi connectivity index (χ4n) is 2.53. The number of nitrogens with one attached hydrogen (secondary N) is 2. The minimum absolute atomic E-state index is 0.0555. The van der Waals surface area contributed by atoms with Crippen LogP contribution in [-0.2, 0) is 4.79 Å². The lowest BCUT2D eigenvalue weighted by Crippen LogP contribution is -2.30. The summed E-state index contributed by atoms with van der Waals surface area (Å²) in [6, 6.07) is 12.9. The number of anilines is 1. The van der Waals surface area contributed by atoms with Crippen molar-refractivity contribution >= 4 is 35.3 Å². The molecule has 2 amide bonds. The highest BCUT2D eigenvalue weighted by atomic mass is 32.2. The van der Waals surface area contributed by atoms with Crippen LogP contribution in [0.1, 0.15) is 29.8 Å². The molecule has 2 N–H and O–H groups in total. The SMILES string of the molecule is COc1cccc(/C=C2/Sc3ccc(C(=O)NC(C)C)cc3NC2=O)c1. The molecule has 0 fully saturated rings. The first-order valence-electron chi connectivity index (χ1n) is 8.26. The van der Waals surface area contributed by atoms with Crippen molar-refractivity contribution in [1.82, 2.24) is 5.32 Å². The van der Waals surface area contributed by atoms with Gasteiger partial charge in [-0.1, -0.05) is 23.9 Å². The van der Waals surface area contributed by atoms with Crippen molar-refractivity contribution in [3.63, 3.8) is 0 Å². The van der Waals surface area contributed by atoms with Crippen molar-refractivity contribution in [2.45, 2.75) is 24.8 Å². The topological polar surface area (TPSA) is 67.4 Å². The highest BCUT2D eigenvalue weighted by Gasteiger charge is 2.22. The van der Waals surface area contributed by atoms with Crippen molar-refractivity contribution in [3.8, 4) is 5.75 Å². The molecule has 6 heteroatoms. The van der Waals surface area contributed by atoms with Gasteiger partial charge in [-0.3, -0.25) is 9.59 Å². The van der Waals surface area contributed by atoms with Crippen LogP contribution in [0.25, 0.3) is 6.08 Å². The van der Waals surface area contributed by atoms with Crippen LogP contribution in [0.3, 0.4) is 0 Å². The molecule has 0 aliphatic carbocycles. The van der Waals surface area contributed by atoms with Crippen LogP contribution in [0.2, 0.25) is 0 Å². The predicted octanol–water partition coefficient (Wildman–Crippen LogP) is 3.92. The number of carbonyl (C=O) groups excluding carboxylic acids is 2. The number of thioether (sulfide) groups is 1. The number of ether oxygens (including phenoxy) is 1. The number of hydrogen-bond acceptors (Lipinski definition) is 4. The molecule has 0 bridgehead atoms. The van der Waals surface area contributed by atoms with E-state index in [0.29, 0.717) is 16.2 Å². The average molecular weight is 368 g/mol. The van der Waals surface area contributed by atoms with Crippen molar-refractivity contribution in [3.05, 3.63) is 58.5 Å². The van der Waals surface area contributed by atoms with E-state index in [1.165, 1.54) is 11.8 Å². The molecule has 2 aromatic rings. The Morgan fingerprint density at radius 1 is 1.23 bits per heavy atom. The number of hydrogen-bond donors (Lipinski definition) is 2. The second kappa shape index (κ2) is 7.66. The molecule has 3 rings (SSSR count). The number of benzene rings is 2. The van der Waals surface area contributed by atoms with Crippen LogP contribution in [0.4, 0.5) is 5.69 Å². The Bertz CT molecular complexity index is 890. The molecule has 5 nitrogen and oxygen atoms in total. The van der Waals surface area contributed by atoms with Crippen molar-refractivity contribution in [1.29, 1.82) is 0 Å². The quantitative estimate of drug-likeness (QED) is 0.803. The van der Waals surface area contributed by atoms with Crippen molar-refractivity contribution in [2.24, 2.45) is 0 Å². The summed E-state index contributed by atoms with van der Waals surface area (Å²) in [6.07, 6.45) is 1.82. The zero-order valence-corrected chi connectivity index (χ0v) is 15.6. The molecule has 0 radical (unpaired) electrons. The van der Waals surface area contributed by atoms with Gasteiger partial charge in [0.1, 0.15) is 5.75 Å². The molecule has 134 valence electrons. The van der Waals surface area contributed by atoms with E-state index in [4.69, 9.17) is 4.74 Å². The van der Waals surface area contributed by atoms with E-state index in [-0.39, 0.29) is 17.9 Å². The van der Waals surface area contributed by atoms with Crippen LogP contribution in [-0.4, -0.2) is 25.0 Å². The molecule has 2 aromatic carbocycles. The molecule has 0 saturated heterocycles. The second-order valence-electron chi connectivity index (χ2n) is 6.18. The standard InChI is InChI=1S/C20H20N2O3S/c1-12(2)21-19(23)14-7-8-17-16(11-14)22-20(24)18(26-17)10-13-5-4-6-15(9-13)25-3/h4-12H,1-3H3,(H,21,23)(H,22,24)/b18-10+. The third-order valence-electron chi connectivity index (χ3n) is 3.74. The maximum atomic E-state index is 12.4. The number of rotatable bonds is 4. The fraction of sp³-hybridized carbons (Fsp3) is 0.200. The van der Waals surface area contributed by atoms with E-state index in [1.807, 2.05) is 50.3 Å². The third-order valence-corrected chi connectivity index (χ3v) is 4.84. The van der Waals surface area contributed by atoms with Crippen LogP contribution in [0.15, 0.2) is 52.3 Å². The summed E-state index contributed by atoms with van der Waals surface area (Å²) in [5.74, 6) is 0.397. The third kappa shape index (κ3) is 4.08. The molecule has 0 unspecified atom stereocenters. The molecule has 0 aromatic heterocycles. The van der Waals surface area contributed by atoms with Gasteiger partial charge in [0.05, 0.1) is 17.7 Å². The van der Waals surface area contributed by atoms with Gasteiger partial charge in [-0.15, -0.1) is 0 Å². The number of methoxy groups -OCH3 is 1. The first-order chi connectivity index (χ1) is 12.5. The number of fused-ring (bicyclic) bond motifs is 1. The zero-order valence-electron chi connectivity index (χ0n) is 14.8. The van der Waals surface area contributed by atoms with Gasteiger partial charge < -0.3 is 15.4 Å². The highest BCUT2D eigenvalue weighted by molar-refractivity contribution is 8.04. The Morgan fingerprint density at radius 2 is 2.04 bits per heavy atom.